The van der Waals surface area contributed by atoms with E-state index >= 15 is 0 Å². The van der Waals surface area contributed by atoms with Crippen LogP contribution in [0.3, 0.4) is 0 Å². The Balaban J connectivity index is 1.33. The second-order valence-electron chi connectivity index (χ2n) is 17.3. The molecule has 1 saturated heterocycles. The average Bonchev–Trinajstić information content (AvgIpc) is 3.97. The van der Waals surface area contributed by atoms with Gasteiger partial charge in [0, 0.05) is 18.9 Å². The van der Waals surface area contributed by atoms with Gasteiger partial charge in [0.2, 0.25) is 27.7 Å². The van der Waals surface area contributed by atoms with E-state index < -0.39 is 55.7 Å². The van der Waals surface area contributed by atoms with Gasteiger partial charge in [0.15, 0.2) is 5.78 Å². The topological polar surface area (TPSA) is 171 Å². The highest BCUT2D eigenvalue weighted by Crippen LogP contribution is 2.57. The van der Waals surface area contributed by atoms with Crippen molar-refractivity contribution in [3.63, 3.8) is 0 Å². The number of nitrogens with one attached hydrogen (secondary N) is 1. The van der Waals surface area contributed by atoms with E-state index in [-0.39, 0.29) is 61.1 Å². The Bertz CT molecular complexity index is 1940. The number of fused-ring (bicyclic) bond motifs is 3. The molecule has 2 aromatic rings. The average molecular weight is 767 g/mol. The Morgan fingerprint density at radius 2 is 1.83 bits per heavy atom. The monoisotopic (exact) mass is 766 g/mol. The Morgan fingerprint density at radius 3 is 2.52 bits per heavy atom. The molecule has 2 saturated carbocycles. The number of hydrogen-bond acceptors (Lipinski definition) is 11. The van der Waals surface area contributed by atoms with Gasteiger partial charge in [-0.25, -0.2) is 18.4 Å². The molecule has 3 heterocycles. The molecule has 54 heavy (non-hydrogen) atoms. The summed E-state index contributed by atoms with van der Waals surface area (Å²) >= 11 is 0. The van der Waals surface area contributed by atoms with Crippen LogP contribution >= 0.6 is 0 Å². The SMILES string of the molecule is COc1ccc2ncc(O[C@@H]3C[C@H]4C(=O)C[C@]5(C(=O)NS(=O)(=O)C6(C)CC6)C[C@H]5/C=C\CC[C@@H](C)C[C@@H](C)[C@H](CC(=O)OC(C)(C)C)C(=O)N4C3)nc2c1. The lowest BCUT2D eigenvalue weighted by Crippen LogP contribution is -2.48. The number of ketones is 1. The van der Waals surface area contributed by atoms with Crippen LogP contribution in [0.25, 0.3) is 11.0 Å². The summed E-state index contributed by atoms with van der Waals surface area (Å²) in [4.78, 5) is 67.1. The number of amides is 2. The summed E-state index contributed by atoms with van der Waals surface area (Å²) in [7, 11) is -2.39. The molecule has 2 aliphatic carbocycles. The summed E-state index contributed by atoms with van der Waals surface area (Å²) < 4.78 is 45.0. The van der Waals surface area contributed by atoms with Crippen molar-refractivity contribution in [2.24, 2.45) is 29.1 Å². The highest BCUT2D eigenvalue weighted by atomic mass is 32.2. The van der Waals surface area contributed by atoms with Gasteiger partial charge in [-0.2, -0.15) is 0 Å². The molecular formula is C40H54N4O9S. The maximum absolute atomic E-state index is 14.8. The first kappa shape index (κ1) is 39.6. The Labute approximate surface area is 318 Å². The predicted molar refractivity (Wildman–Crippen MR) is 201 cm³/mol. The quantitative estimate of drug-likeness (QED) is 0.273. The summed E-state index contributed by atoms with van der Waals surface area (Å²) in [6.07, 6.45) is 7.92. The fourth-order valence-corrected chi connectivity index (χ4v) is 9.31. The smallest absolute Gasteiger partial charge is 0.307 e. The van der Waals surface area contributed by atoms with Crippen molar-refractivity contribution in [2.45, 2.75) is 122 Å². The van der Waals surface area contributed by atoms with Gasteiger partial charge in [-0.1, -0.05) is 26.0 Å². The normalized spacial score (nSPS) is 30.6. The van der Waals surface area contributed by atoms with Crippen molar-refractivity contribution in [2.75, 3.05) is 13.7 Å². The number of rotatable bonds is 8. The molecular weight excluding hydrogens is 713 g/mol. The number of esters is 1. The van der Waals surface area contributed by atoms with Gasteiger partial charge in [0.05, 0.1) is 59.4 Å². The molecule has 4 aliphatic rings. The van der Waals surface area contributed by atoms with Crippen LogP contribution in [0.5, 0.6) is 11.6 Å². The lowest BCUT2D eigenvalue weighted by atomic mass is 9.82. The first-order valence-electron chi connectivity index (χ1n) is 19.1. The molecule has 2 amide bonds. The van der Waals surface area contributed by atoms with Gasteiger partial charge in [-0.3, -0.25) is 23.9 Å². The molecule has 2 aliphatic heterocycles. The molecule has 1 aromatic carbocycles. The molecule has 14 heteroatoms. The Morgan fingerprint density at radius 1 is 1.09 bits per heavy atom. The molecule has 0 radical (unpaired) electrons. The van der Waals surface area contributed by atoms with Crippen LogP contribution in [0, 0.1) is 29.1 Å². The molecule has 0 bridgehead atoms. The fraction of sp³-hybridized carbons (Fsp3) is 0.650. The second-order valence-corrected chi connectivity index (χ2v) is 19.5. The van der Waals surface area contributed by atoms with Gasteiger partial charge in [-0.05, 0) is 96.1 Å². The van der Waals surface area contributed by atoms with Gasteiger partial charge in [0.25, 0.3) is 0 Å². The van der Waals surface area contributed by atoms with Gasteiger partial charge in [0.1, 0.15) is 17.5 Å². The molecule has 7 atom stereocenters. The van der Waals surface area contributed by atoms with E-state index in [4.69, 9.17) is 14.2 Å². The van der Waals surface area contributed by atoms with Crippen LogP contribution in [0.15, 0.2) is 36.5 Å². The summed E-state index contributed by atoms with van der Waals surface area (Å²) in [5, 5.41) is 0. The minimum Gasteiger partial charge on any atom is -0.497 e. The zero-order chi connectivity index (χ0) is 39.2. The minimum atomic E-state index is -3.95. The fourth-order valence-electron chi connectivity index (χ4n) is 7.98. The van der Waals surface area contributed by atoms with Crippen molar-refractivity contribution >= 4 is 44.6 Å². The standard InChI is InChI=1S/C40H54N4O9S/c1-24-10-8-9-11-26-20-40(26,37(48)43-54(49,50)39(6)14-15-39)21-33(45)32-18-28(52-34-22-41-30-13-12-27(51-7)17-31(30)42-34)23-44(32)36(47)29(25(2)16-24)19-35(46)53-38(3,4)5/h9,11-13,17,22,24-26,28-29,32H,8,10,14-16,18-21,23H2,1-7H3,(H,43,48)/b11-9-/t24-,25-,26-,28-,29+,32+,40-/m1/s1. The summed E-state index contributed by atoms with van der Waals surface area (Å²) in [5.41, 5.74) is -0.839. The van der Waals surface area contributed by atoms with Crippen LogP contribution in [0.2, 0.25) is 0 Å². The third-order valence-electron chi connectivity index (χ3n) is 11.6. The highest BCUT2D eigenvalue weighted by molar-refractivity contribution is 7.91. The van der Waals surface area contributed by atoms with Crippen LogP contribution in [-0.2, 0) is 33.9 Å². The van der Waals surface area contributed by atoms with E-state index in [0.717, 1.165) is 12.8 Å². The summed E-state index contributed by atoms with van der Waals surface area (Å²) in [6, 6.07) is 4.31. The third-order valence-corrected chi connectivity index (χ3v) is 13.8. The molecule has 1 N–H and O–H groups in total. The molecule has 1 aromatic heterocycles. The van der Waals surface area contributed by atoms with Crippen molar-refractivity contribution < 1.29 is 41.8 Å². The number of nitrogens with zero attached hydrogens (tertiary/aromatic N) is 3. The van der Waals surface area contributed by atoms with Gasteiger partial charge in [-0.15, -0.1) is 0 Å². The van der Waals surface area contributed by atoms with E-state index in [1.807, 2.05) is 19.1 Å². The molecule has 294 valence electrons. The predicted octanol–water partition coefficient (Wildman–Crippen LogP) is 5.31. The number of Topliss-reactive ketones (excluding diaryl/α,β-unsaturated/α-hetero) is 1. The number of ether oxygens (including phenoxy) is 3. The number of carbonyl (C=O) groups excluding carboxylic acids is 4. The van der Waals surface area contributed by atoms with Crippen LogP contribution < -0.4 is 14.2 Å². The first-order valence-corrected chi connectivity index (χ1v) is 20.6. The van der Waals surface area contributed by atoms with Crippen LogP contribution in [0.4, 0.5) is 0 Å². The summed E-state index contributed by atoms with van der Waals surface area (Å²) in [5.74, 6) is -2.22. The maximum Gasteiger partial charge on any atom is 0.307 e. The third kappa shape index (κ3) is 8.58. The molecule has 13 nitrogen and oxygen atoms in total. The van der Waals surface area contributed by atoms with E-state index in [1.54, 1.807) is 53.0 Å². The number of benzene rings is 1. The summed E-state index contributed by atoms with van der Waals surface area (Å²) in [6.45, 7) is 11.1. The van der Waals surface area contributed by atoms with Crippen molar-refractivity contribution in [3.8, 4) is 11.6 Å². The Hall–Kier alpha value is -4.07. The van der Waals surface area contributed by atoms with E-state index in [1.165, 1.54) is 11.1 Å². The number of hydrogen-bond donors (Lipinski definition) is 1. The second kappa shape index (κ2) is 14.9. The Kier molecular flexibility index (Phi) is 10.9. The zero-order valence-electron chi connectivity index (χ0n) is 32.4. The number of methoxy groups -OCH3 is 1. The number of allylic oxidation sites excluding steroid dienone is 2. The van der Waals surface area contributed by atoms with Crippen LogP contribution in [0.1, 0.15) is 99.3 Å². The zero-order valence-corrected chi connectivity index (χ0v) is 33.2. The van der Waals surface area contributed by atoms with Gasteiger partial charge < -0.3 is 19.1 Å². The number of carbonyl (C=O) groups is 4. The number of aromatic nitrogens is 2. The molecule has 0 spiro atoms. The van der Waals surface area contributed by atoms with E-state index in [0.29, 0.717) is 42.5 Å². The van der Waals surface area contributed by atoms with Crippen molar-refractivity contribution in [1.29, 1.82) is 0 Å². The molecule has 3 fully saturated rings. The maximum atomic E-state index is 14.8. The van der Waals surface area contributed by atoms with E-state index in [9.17, 15) is 27.6 Å². The molecule has 6 rings (SSSR count). The highest BCUT2D eigenvalue weighted by Gasteiger charge is 2.62. The number of sulfonamides is 1. The van der Waals surface area contributed by atoms with Gasteiger partial charge >= 0.3 is 5.97 Å². The minimum absolute atomic E-state index is 0.0371. The first-order chi connectivity index (χ1) is 25.3. The van der Waals surface area contributed by atoms with E-state index in [2.05, 4.69) is 21.6 Å². The van der Waals surface area contributed by atoms with Crippen LogP contribution in [-0.4, -0.2) is 83.0 Å². The van der Waals surface area contributed by atoms with Crippen molar-refractivity contribution in [1.82, 2.24) is 19.6 Å². The molecule has 0 unspecified atom stereocenters. The van der Waals surface area contributed by atoms with Crippen molar-refractivity contribution in [3.05, 3.63) is 36.5 Å². The lowest BCUT2D eigenvalue weighted by molar-refractivity contribution is -0.160. The largest absolute Gasteiger partial charge is 0.497 e. The lowest BCUT2D eigenvalue weighted by Gasteiger charge is -2.32.